The topological polar surface area (TPSA) is 59.1 Å². The minimum Gasteiger partial charge on any atom is -0.493 e. The van der Waals surface area contributed by atoms with Crippen molar-refractivity contribution in [2.24, 2.45) is 0 Å². The SMILES string of the molecule is COc1cc(CCC=O)ccc1OCC(=O)N1CCN(Cc2ccc(F)cc2)CC1. The van der Waals surface area contributed by atoms with E-state index in [1.165, 1.54) is 12.1 Å². The molecule has 0 aliphatic carbocycles. The quantitative estimate of drug-likeness (QED) is 0.591. The van der Waals surface area contributed by atoms with Gasteiger partial charge in [0.05, 0.1) is 7.11 Å². The van der Waals surface area contributed by atoms with Crippen LogP contribution in [0.1, 0.15) is 17.5 Å². The summed E-state index contributed by atoms with van der Waals surface area (Å²) in [4.78, 5) is 27.1. The van der Waals surface area contributed by atoms with Crippen molar-refractivity contribution in [3.63, 3.8) is 0 Å². The third-order valence-electron chi connectivity index (χ3n) is 5.17. The fourth-order valence-corrected chi connectivity index (χ4v) is 3.45. The van der Waals surface area contributed by atoms with Crippen LogP contribution in [0, 0.1) is 5.82 Å². The van der Waals surface area contributed by atoms with Gasteiger partial charge in [0.15, 0.2) is 18.1 Å². The van der Waals surface area contributed by atoms with Gasteiger partial charge in [0.1, 0.15) is 12.1 Å². The predicted octanol–water partition coefficient (Wildman–Crippen LogP) is 2.69. The summed E-state index contributed by atoms with van der Waals surface area (Å²) in [5.74, 6) is 0.760. The number of carbonyl (C=O) groups is 2. The van der Waals surface area contributed by atoms with Crippen LogP contribution in [-0.2, 0) is 22.6 Å². The molecule has 0 radical (unpaired) electrons. The number of aldehydes is 1. The second-order valence-electron chi connectivity index (χ2n) is 7.26. The summed E-state index contributed by atoms with van der Waals surface area (Å²) < 4.78 is 24.1. The fraction of sp³-hybridized carbons (Fsp3) is 0.391. The first-order chi connectivity index (χ1) is 14.6. The Morgan fingerprint density at radius 3 is 2.40 bits per heavy atom. The highest BCUT2D eigenvalue weighted by atomic mass is 19.1. The van der Waals surface area contributed by atoms with Crippen molar-refractivity contribution in [3.05, 3.63) is 59.4 Å². The summed E-state index contributed by atoms with van der Waals surface area (Å²) in [7, 11) is 1.55. The van der Waals surface area contributed by atoms with Crippen molar-refractivity contribution < 1.29 is 23.5 Å². The van der Waals surface area contributed by atoms with Crippen LogP contribution in [0.5, 0.6) is 11.5 Å². The van der Waals surface area contributed by atoms with E-state index in [1.807, 2.05) is 12.1 Å². The van der Waals surface area contributed by atoms with E-state index >= 15 is 0 Å². The Labute approximate surface area is 176 Å². The summed E-state index contributed by atoms with van der Waals surface area (Å²) in [6.07, 6.45) is 1.98. The number of amides is 1. The molecule has 6 nitrogen and oxygen atoms in total. The van der Waals surface area contributed by atoms with Gasteiger partial charge in [-0.05, 0) is 41.8 Å². The molecule has 7 heteroatoms. The average Bonchev–Trinajstić information content (AvgIpc) is 2.78. The number of aryl methyl sites for hydroxylation is 1. The van der Waals surface area contributed by atoms with Crippen LogP contribution in [0.2, 0.25) is 0 Å². The Kier molecular flexibility index (Phi) is 7.79. The molecule has 160 valence electrons. The Hall–Kier alpha value is -2.93. The van der Waals surface area contributed by atoms with E-state index in [-0.39, 0.29) is 18.3 Å². The first kappa shape index (κ1) is 21.8. The van der Waals surface area contributed by atoms with Gasteiger partial charge in [-0.15, -0.1) is 0 Å². The van der Waals surface area contributed by atoms with E-state index in [0.717, 1.165) is 37.0 Å². The molecule has 0 saturated carbocycles. The maximum absolute atomic E-state index is 13.0. The van der Waals surface area contributed by atoms with Gasteiger partial charge in [-0.3, -0.25) is 9.69 Å². The number of piperazine rings is 1. The first-order valence-electron chi connectivity index (χ1n) is 10.1. The first-order valence-corrected chi connectivity index (χ1v) is 10.1. The largest absolute Gasteiger partial charge is 0.493 e. The lowest BCUT2D eigenvalue weighted by molar-refractivity contribution is -0.135. The zero-order valence-electron chi connectivity index (χ0n) is 17.2. The summed E-state index contributed by atoms with van der Waals surface area (Å²) in [6.45, 7) is 3.47. The van der Waals surface area contributed by atoms with Crippen molar-refractivity contribution in [2.75, 3.05) is 39.9 Å². The van der Waals surface area contributed by atoms with Crippen LogP contribution in [-0.4, -0.2) is 61.9 Å². The molecule has 1 aliphatic heterocycles. The lowest BCUT2D eigenvalue weighted by Crippen LogP contribution is -2.49. The lowest BCUT2D eigenvalue weighted by atomic mass is 10.1. The number of nitrogens with zero attached hydrogens (tertiary/aromatic N) is 2. The molecular weight excluding hydrogens is 387 g/mol. The summed E-state index contributed by atoms with van der Waals surface area (Å²) in [6, 6.07) is 12.0. The van der Waals surface area contributed by atoms with E-state index in [1.54, 1.807) is 30.2 Å². The van der Waals surface area contributed by atoms with Crippen LogP contribution in [0.25, 0.3) is 0 Å². The number of methoxy groups -OCH3 is 1. The Morgan fingerprint density at radius 2 is 1.73 bits per heavy atom. The summed E-state index contributed by atoms with van der Waals surface area (Å²) >= 11 is 0. The zero-order valence-corrected chi connectivity index (χ0v) is 17.2. The van der Waals surface area contributed by atoms with Crippen LogP contribution in [0.15, 0.2) is 42.5 Å². The van der Waals surface area contributed by atoms with Gasteiger partial charge in [0.2, 0.25) is 0 Å². The van der Waals surface area contributed by atoms with Gasteiger partial charge in [0.25, 0.3) is 5.91 Å². The molecule has 3 rings (SSSR count). The van der Waals surface area contributed by atoms with E-state index in [0.29, 0.717) is 37.4 Å². The standard InChI is InChI=1S/C23H27FN2O4/c1-29-22-15-18(3-2-14-27)6-9-21(22)30-17-23(28)26-12-10-25(11-13-26)16-19-4-7-20(24)8-5-19/h4-9,14-15H,2-3,10-13,16-17H2,1H3. The van der Waals surface area contributed by atoms with Crippen molar-refractivity contribution in [3.8, 4) is 11.5 Å². The maximum Gasteiger partial charge on any atom is 0.260 e. The number of hydrogen-bond acceptors (Lipinski definition) is 5. The molecule has 30 heavy (non-hydrogen) atoms. The minimum atomic E-state index is -0.235. The van der Waals surface area contributed by atoms with Crippen molar-refractivity contribution in [1.82, 2.24) is 9.80 Å². The fourth-order valence-electron chi connectivity index (χ4n) is 3.45. The van der Waals surface area contributed by atoms with E-state index < -0.39 is 0 Å². The summed E-state index contributed by atoms with van der Waals surface area (Å²) in [5.41, 5.74) is 2.04. The molecule has 0 unspecified atom stereocenters. The average molecular weight is 414 g/mol. The normalized spacial score (nSPS) is 14.4. The van der Waals surface area contributed by atoms with Crippen molar-refractivity contribution >= 4 is 12.2 Å². The zero-order chi connectivity index (χ0) is 21.3. The highest BCUT2D eigenvalue weighted by Crippen LogP contribution is 2.28. The number of benzene rings is 2. The molecule has 1 fully saturated rings. The van der Waals surface area contributed by atoms with Gasteiger partial charge in [0, 0.05) is 39.1 Å². The molecule has 1 heterocycles. The molecule has 0 bridgehead atoms. The minimum absolute atomic E-state index is 0.0536. The Morgan fingerprint density at radius 1 is 1.03 bits per heavy atom. The monoisotopic (exact) mass is 414 g/mol. The molecule has 2 aromatic rings. The van der Waals surface area contributed by atoms with Crippen LogP contribution < -0.4 is 9.47 Å². The second kappa shape index (κ2) is 10.7. The van der Waals surface area contributed by atoms with Crippen molar-refractivity contribution in [2.45, 2.75) is 19.4 Å². The van der Waals surface area contributed by atoms with Crippen LogP contribution in [0.4, 0.5) is 4.39 Å². The number of halogens is 1. The van der Waals surface area contributed by atoms with Crippen LogP contribution in [0.3, 0.4) is 0 Å². The third kappa shape index (κ3) is 6.03. The second-order valence-corrected chi connectivity index (χ2v) is 7.26. The van der Waals surface area contributed by atoms with Crippen molar-refractivity contribution in [1.29, 1.82) is 0 Å². The molecule has 2 aromatic carbocycles. The number of rotatable bonds is 9. The van der Waals surface area contributed by atoms with Crippen LogP contribution >= 0.6 is 0 Å². The molecule has 0 N–H and O–H groups in total. The van der Waals surface area contributed by atoms with Gasteiger partial charge in [-0.25, -0.2) is 4.39 Å². The molecule has 1 saturated heterocycles. The highest BCUT2D eigenvalue weighted by Gasteiger charge is 2.22. The summed E-state index contributed by atoms with van der Waals surface area (Å²) in [5, 5.41) is 0. The molecule has 1 amide bonds. The predicted molar refractivity (Wildman–Crippen MR) is 111 cm³/mol. The molecule has 1 aliphatic rings. The number of carbonyl (C=O) groups excluding carboxylic acids is 2. The molecular formula is C23H27FN2O4. The Bertz CT molecular complexity index is 849. The molecule has 0 atom stereocenters. The van der Waals surface area contributed by atoms with E-state index in [4.69, 9.17) is 9.47 Å². The van der Waals surface area contributed by atoms with Gasteiger partial charge < -0.3 is 19.2 Å². The molecule has 0 spiro atoms. The van der Waals surface area contributed by atoms with E-state index in [2.05, 4.69) is 4.90 Å². The van der Waals surface area contributed by atoms with Gasteiger partial charge in [-0.1, -0.05) is 18.2 Å². The third-order valence-corrected chi connectivity index (χ3v) is 5.17. The lowest BCUT2D eigenvalue weighted by Gasteiger charge is -2.34. The number of hydrogen-bond donors (Lipinski definition) is 0. The smallest absolute Gasteiger partial charge is 0.260 e. The Balaban J connectivity index is 1.46. The number of ether oxygens (including phenoxy) is 2. The van der Waals surface area contributed by atoms with E-state index in [9.17, 15) is 14.0 Å². The molecule has 0 aromatic heterocycles. The highest BCUT2D eigenvalue weighted by molar-refractivity contribution is 5.78. The van der Waals surface area contributed by atoms with Gasteiger partial charge in [-0.2, -0.15) is 0 Å². The maximum atomic E-state index is 13.0. The van der Waals surface area contributed by atoms with Gasteiger partial charge >= 0.3 is 0 Å².